The summed E-state index contributed by atoms with van der Waals surface area (Å²) in [6.07, 6.45) is 3.47. The summed E-state index contributed by atoms with van der Waals surface area (Å²) in [6, 6.07) is 9.64. The zero-order valence-corrected chi connectivity index (χ0v) is 13.0. The lowest BCUT2D eigenvalue weighted by molar-refractivity contribution is 0.917. The maximum Gasteiger partial charge on any atom is 0.143 e. The van der Waals surface area contributed by atoms with Gasteiger partial charge >= 0.3 is 0 Å². The molecule has 0 spiro atoms. The van der Waals surface area contributed by atoms with Gasteiger partial charge in [-0.1, -0.05) is 6.07 Å². The van der Waals surface area contributed by atoms with Crippen molar-refractivity contribution >= 4 is 33.1 Å². The normalized spacial score (nSPS) is 13.1. The Balaban J connectivity index is 1.85. The molecular weight excluding hydrogens is 292 g/mol. The maximum atomic E-state index is 9.04. The van der Waals surface area contributed by atoms with Crippen molar-refractivity contribution in [1.29, 1.82) is 5.26 Å². The van der Waals surface area contributed by atoms with Crippen LogP contribution in [0.25, 0.3) is 10.2 Å². The van der Waals surface area contributed by atoms with E-state index in [1.165, 1.54) is 16.9 Å². The molecule has 0 aliphatic heterocycles. The van der Waals surface area contributed by atoms with Gasteiger partial charge in [-0.3, -0.25) is 0 Å². The number of hydrogen-bond acceptors (Lipinski definition) is 5. The van der Waals surface area contributed by atoms with Crippen molar-refractivity contribution in [3.63, 3.8) is 0 Å². The number of rotatable bonds is 2. The predicted octanol–water partition coefficient (Wildman–Crippen LogP) is 4.10. The van der Waals surface area contributed by atoms with Crippen LogP contribution in [0.3, 0.4) is 0 Å². The van der Waals surface area contributed by atoms with E-state index >= 15 is 0 Å². The molecule has 0 atom stereocenters. The number of aryl methyl sites for hydroxylation is 3. The molecule has 2 aromatic heterocycles. The minimum atomic E-state index is 0.641. The number of fused-ring (bicyclic) bond motifs is 3. The summed E-state index contributed by atoms with van der Waals surface area (Å²) in [5.41, 5.74) is 2.93. The standard InChI is InChI=1S/C17H14N4S/c1-10-19-16(21-12-5-2-4-11(8-12)9-18)15-13-6-3-7-14(13)22-17(15)20-10/h2,4-5,8H,3,6-7H2,1H3,(H,19,20,21). The Labute approximate surface area is 132 Å². The van der Waals surface area contributed by atoms with Crippen molar-refractivity contribution in [3.8, 4) is 6.07 Å². The molecule has 0 saturated heterocycles. The zero-order chi connectivity index (χ0) is 15.1. The molecule has 4 nitrogen and oxygen atoms in total. The molecule has 2 heterocycles. The maximum absolute atomic E-state index is 9.04. The van der Waals surface area contributed by atoms with E-state index in [0.29, 0.717) is 5.56 Å². The van der Waals surface area contributed by atoms with Gasteiger partial charge in [0, 0.05) is 10.6 Å². The highest BCUT2D eigenvalue weighted by atomic mass is 32.1. The molecule has 0 unspecified atom stereocenters. The summed E-state index contributed by atoms with van der Waals surface area (Å²) in [5.74, 6) is 1.63. The van der Waals surface area contributed by atoms with Crippen LogP contribution in [0.4, 0.5) is 11.5 Å². The van der Waals surface area contributed by atoms with Crippen molar-refractivity contribution in [3.05, 3.63) is 46.1 Å². The summed E-state index contributed by atoms with van der Waals surface area (Å²) >= 11 is 1.79. The van der Waals surface area contributed by atoms with E-state index in [-0.39, 0.29) is 0 Å². The summed E-state index contributed by atoms with van der Waals surface area (Å²) in [5, 5.41) is 13.6. The first-order valence-corrected chi connectivity index (χ1v) is 8.12. The van der Waals surface area contributed by atoms with Gasteiger partial charge in [-0.2, -0.15) is 5.26 Å². The second-order valence-electron chi connectivity index (χ2n) is 5.47. The Kier molecular flexibility index (Phi) is 3.05. The quantitative estimate of drug-likeness (QED) is 0.774. The Bertz CT molecular complexity index is 920. The van der Waals surface area contributed by atoms with Gasteiger partial charge in [-0.05, 0) is 49.9 Å². The third-order valence-corrected chi connectivity index (χ3v) is 5.12. The fraction of sp³-hybridized carbons (Fsp3) is 0.235. The second-order valence-corrected chi connectivity index (χ2v) is 6.56. The van der Waals surface area contributed by atoms with E-state index in [4.69, 9.17) is 5.26 Å². The molecule has 1 aromatic carbocycles. The molecule has 4 rings (SSSR count). The van der Waals surface area contributed by atoms with Crippen molar-refractivity contribution in [2.24, 2.45) is 0 Å². The van der Waals surface area contributed by atoms with E-state index in [2.05, 4.69) is 21.4 Å². The molecule has 0 radical (unpaired) electrons. The third-order valence-electron chi connectivity index (χ3n) is 3.93. The molecule has 0 amide bonds. The number of nitrogens with zero attached hydrogens (tertiary/aromatic N) is 3. The highest BCUT2D eigenvalue weighted by Gasteiger charge is 2.21. The lowest BCUT2D eigenvalue weighted by Crippen LogP contribution is -1.99. The first kappa shape index (κ1) is 13.2. The fourth-order valence-corrected chi connectivity index (χ4v) is 4.30. The summed E-state index contributed by atoms with van der Waals surface area (Å²) < 4.78 is 0. The third kappa shape index (κ3) is 2.13. The van der Waals surface area contributed by atoms with Crippen molar-refractivity contribution in [2.45, 2.75) is 26.2 Å². The van der Waals surface area contributed by atoms with Gasteiger partial charge in [0.15, 0.2) is 0 Å². The van der Waals surface area contributed by atoms with E-state index in [1.54, 1.807) is 17.4 Å². The van der Waals surface area contributed by atoms with Crippen LogP contribution in [-0.4, -0.2) is 9.97 Å². The Morgan fingerprint density at radius 2 is 2.18 bits per heavy atom. The lowest BCUT2D eigenvalue weighted by Gasteiger charge is -2.09. The zero-order valence-electron chi connectivity index (χ0n) is 12.2. The van der Waals surface area contributed by atoms with Gasteiger partial charge in [0.2, 0.25) is 0 Å². The molecule has 3 aromatic rings. The first-order chi connectivity index (χ1) is 10.7. The van der Waals surface area contributed by atoms with Crippen LogP contribution < -0.4 is 5.32 Å². The molecule has 1 N–H and O–H groups in total. The molecule has 1 aliphatic rings. The van der Waals surface area contributed by atoms with Crippen molar-refractivity contribution in [2.75, 3.05) is 5.32 Å². The molecule has 0 saturated carbocycles. The van der Waals surface area contributed by atoms with Gasteiger partial charge in [0.05, 0.1) is 17.0 Å². The van der Waals surface area contributed by atoms with Gasteiger partial charge in [0.1, 0.15) is 16.5 Å². The van der Waals surface area contributed by atoms with Crippen LogP contribution in [-0.2, 0) is 12.8 Å². The largest absolute Gasteiger partial charge is 0.340 e. The topological polar surface area (TPSA) is 61.6 Å². The summed E-state index contributed by atoms with van der Waals surface area (Å²) in [6.45, 7) is 1.92. The molecule has 22 heavy (non-hydrogen) atoms. The Morgan fingerprint density at radius 3 is 3.05 bits per heavy atom. The number of aromatic nitrogens is 2. The SMILES string of the molecule is Cc1nc(Nc2cccc(C#N)c2)c2c3c(sc2n1)CCC3. The van der Waals surface area contributed by atoms with E-state index in [0.717, 1.165) is 40.4 Å². The van der Waals surface area contributed by atoms with Crippen LogP contribution in [0.5, 0.6) is 0 Å². The van der Waals surface area contributed by atoms with Gasteiger partial charge in [-0.25, -0.2) is 9.97 Å². The summed E-state index contributed by atoms with van der Waals surface area (Å²) in [7, 11) is 0. The number of nitriles is 1. The predicted molar refractivity (Wildman–Crippen MR) is 88.6 cm³/mol. The molecular formula is C17H14N4S. The average molecular weight is 306 g/mol. The average Bonchev–Trinajstić information content (AvgIpc) is 3.07. The number of hydrogen-bond donors (Lipinski definition) is 1. The second kappa shape index (κ2) is 5.08. The van der Waals surface area contributed by atoms with Gasteiger partial charge in [-0.15, -0.1) is 11.3 Å². The van der Waals surface area contributed by atoms with Gasteiger partial charge in [0.25, 0.3) is 0 Å². The van der Waals surface area contributed by atoms with Crippen LogP contribution in [0, 0.1) is 18.3 Å². The van der Waals surface area contributed by atoms with Crippen LogP contribution >= 0.6 is 11.3 Å². The van der Waals surface area contributed by atoms with Crippen molar-refractivity contribution < 1.29 is 0 Å². The van der Waals surface area contributed by atoms with Gasteiger partial charge < -0.3 is 5.32 Å². The number of nitrogens with one attached hydrogen (secondary N) is 1. The summed E-state index contributed by atoms with van der Waals surface area (Å²) in [4.78, 5) is 11.7. The number of anilines is 2. The highest BCUT2D eigenvalue weighted by Crippen LogP contribution is 2.40. The molecule has 108 valence electrons. The molecule has 0 fully saturated rings. The first-order valence-electron chi connectivity index (χ1n) is 7.30. The lowest BCUT2D eigenvalue weighted by atomic mass is 10.1. The van der Waals surface area contributed by atoms with E-state index < -0.39 is 0 Å². The Hall–Kier alpha value is -2.45. The number of benzene rings is 1. The van der Waals surface area contributed by atoms with E-state index in [1.807, 2.05) is 25.1 Å². The molecule has 0 bridgehead atoms. The number of thiophene rings is 1. The van der Waals surface area contributed by atoms with Crippen LogP contribution in [0.1, 0.15) is 28.2 Å². The van der Waals surface area contributed by atoms with E-state index in [9.17, 15) is 0 Å². The monoisotopic (exact) mass is 306 g/mol. The Morgan fingerprint density at radius 1 is 1.27 bits per heavy atom. The van der Waals surface area contributed by atoms with Crippen molar-refractivity contribution in [1.82, 2.24) is 9.97 Å². The van der Waals surface area contributed by atoms with Crippen LogP contribution in [0.15, 0.2) is 24.3 Å². The molecule has 1 aliphatic carbocycles. The highest BCUT2D eigenvalue weighted by molar-refractivity contribution is 7.19. The fourth-order valence-electron chi connectivity index (χ4n) is 3.00. The molecule has 5 heteroatoms. The minimum Gasteiger partial charge on any atom is -0.340 e. The smallest absolute Gasteiger partial charge is 0.143 e. The van der Waals surface area contributed by atoms with Crippen LogP contribution in [0.2, 0.25) is 0 Å². The minimum absolute atomic E-state index is 0.641.